The first-order chi connectivity index (χ1) is 6.66. The standard InChI is InChI=1S/C9H15N3OS/c1-12-7(13)9(11-10-8(12)14)5-3-2-4-6-9/h11H,2-6H2,1H3,(H,10,14). The third kappa shape index (κ3) is 1.40. The van der Waals surface area contributed by atoms with Crippen LogP contribution < -0.4 is 10.9 Å². The fourth-order valence-corrected chi connectivity index (χ4v) is 2.35. The van der Waals surface area contributed by atoms with Gasteiger partial charge in [0.1, 0.15) is 5.54 Å². The average Bonchev–Trinajstić information content (AvgIpc) is 2.23. The molecule has 2 N–H and O–H groups in total. The number of nitrogens with zero attached hydrogens (tertiary/aromatic N) is 1. The van der Waals surface area contributed by atoms with Crippen LogP contribution in [0.25, 0.3) is 0 Å². The maximum atomic E-state index is 12.0. The molecule has 0 aromatic heterocycles. The second-order valence-electron chi connectivity index (χ2n) is 4.06. The van der Waals surface area contributed by atoms with E-state index in [0.29, 0.717) is 5.11 Å². The number of hydrogen-bond donors (Lipinski definition) is 2. The first-order valence-corrected chi connectivity index (χ1v) is 5.42. The minimum Gasteiger partial charge on any atom is -0.297 e. The minimum absolute atomic E-state index is 0.112. The second-order valence-corrected chi connectivity index (χ2v) is 4.45. The van der Waals surface area contributed by atoms with E-state index in [0.717, 1.165) is 25.7 Å². The van der Waals surface area contributed by atoms with Crippen molar-refractivity contribution in [2.24, 2.45) is 0 Å². The second kappa shape index (κ2) is 3.47. The molecule has 1 aliphatic carbocycles. The van der Waals surface area contributed by atoms with Crippen LogP contribution in [0.4, 0.5) is 0 Å². The van der Waals surface area contributed by atoms with Crippen molar-refractivity contribution in [3.63, 3.8) is 0 Å². The molecular formula is C9H15N3OS. The Kier molecular flexibility index (Phi) is 2.45. The molecule has 2 fully saturated rings. The molecule has 0 unspecified atom stereocenters. The molecule has 2 rings (SSSR count). The molecular weight excluding hydrogens is 198 g/mol. The summed E-state index contributed by atoms with van der Waals surface area (Å²) in [6.07, 6.45) is 5.27. The van der Waals surface area contributed by atoms with E-state index >= 15 is 0 Å². The summed E-state index contributed by atoms with van der Waals surface area (Å²) in [6, 6.07) is 0. The lowest BCUT2D eigenvalue weighted by molar-refractivity contribution is -0.137. The minimum atomic E-state index is -0.394. The van der Waals surface area contributed by atoms with Gasteiger partial charge in [-0.3, -0.25) is 15.1 Å². The monoisotopic (exact) mass is 213 g/mol. The van der Waals surface area contributed by atoms with Gasteiger partial charge in [-0.25, -0.2) is 5.43 Å². The van der Waals surface area contributed by atoms with Gasteiger partial charge in [0.05, 0.1) is 0 Å². The van der Waals surface area contributed by atoms with Crippen LogP contribution in [0.5, 0.6) is 0 Å². The van der Waals surface area contributed by atoms with Crippen LogP contribution in [-0.2, 0) is 4.79 Å². The Balaban J connectivity index is 2.19. The molecule has 0 aromatic rings. The number of likely N-dealkylation sites (N-methyl/N-ethyl adjacent to an activating group) is 1. The van der Waals surface area contributed by atoms with Gasteiger partial charge in [0.25, 0.3) is 5.91 Å². The molecule has 5 heteroatoms. The number of hydrogen-bond acceptors (Lipinski definition) is 3. The molecule has 4 nitrogen and oxygen atoms in total. The van der Waals surface area contributed by atoms with Crippen molar-refractivity contribution in [2.45, 2.75) is 37.6 Å². The molecule has 0 radical (unpaired) electrons. The quantitative estimate of drug-likeness (QED) is 0.577. The van der Waals surface area contributed by atoms with Gasteiger partial charge in [-0.15, -0.1) is 0 Å². The fourth-order valence-electron chi connectivity index (χ4n) is 2.22. The molecule has 1 saturated heterocycles. The lowest BCUT2D eigenvalue weighted by Crippen LogP contribution is -2.70. The van der Waals surface area contributed by atoms with Crippen LogP contribution in [0.3, 0.4) is 0 Å². The summed E-state index contributed by atoms with van der Waals surface area (Å²) in [7, 11) is 1.73. The first kappa shape index (κ1) is 9.86. The zero-order chi connectivity index (χ0) is 10.2. The average molecular weight is 213 g/mol. The zero-order valence-corrected chi connectivity index (χ0v) is 9.12. The molecule has 1 amide bonds. The molecule has 1 aliphatic heterocycles. The summed E-state index contributed by atoms with van der Waals surface area (Å²) >= 11 is 4.99. The lowest BCUT2D eigenvalue weighted by Gasteiger charge is -2.43. The third-order valence-corrected chi connectivity index (χ3v) is 3.51. The van der Waals surface area contributed by atoms with Crippen molar-refractivity contribution in [1.29, 1.82) is 0 Å². The van der Waals surface area contributed by atoms with Crippen LogP contribution >= 0.6 is 12.2 Å². The van der Waals surface area contributed by atoms with Crippen molar-refractivity contribution in [3.8, 4) is 0 Å². The summed E-state index contributed by atoms with van der Waals surface area (Å²) < 4.78 is 0. The van der Waals surface area contributed by atoms with E-state index in [4.69, 9.17) is 12.2 Å². The summed E-state index contributed by atoms with van der Waals surface area (Å²) in [5, 5.41) is 0.464. The van der Waals surface area contributed by atoms with Crippen molar-refractivity contribution in [3.05, 3.63) is 0 Å². The maximum absolute atomic E-state index is 12.0. The Morgan fingerprint density at radius 1 is 1.36 bits per heavy atom. The highest BCUT2D eigenvalue weighted by molar-refractivity contribution is 7.80. The number of nitrogens with one attached hydrogen (secondary N) is 2. The van der Waals surface area contributed by atoms with Crippen molar-refractivity contribution >= 4 is 23.2 Å². The van der Waals surface area contributed by atoms with E-state index in [1.807, 2.05) is 0 Å². The summed E-state index contributed by atoms with van der Waals surface area (Å²) in [5.41, 5.74) is 5.60. The Hall–Kier alpha value is -0.680. The van der Waals surface area contributed by atoms with Gasteiger partial charge in [0, 0.05) is 7.05 Å². The topological polar surface area (TPSA) is 44.4 Å². The van der Waals surface area contributed by atoms with Gasteiger partial charge in [-0.1, -0.05) is 19.3 Å². The summed E-state index contributed by atoms with van der Waals surface area (Å²) in [5.74, 6) is 0.112. The number of carbonyl (C=O) groups is 1. The number of thiocarbonyl (C=S) groups is 1. The van der Waals surface area contributed by atoms with Crippen LogP contribution in [0.15, 0.2) is 0 Å². The maximum Gasteiger partial charge on any atom is 0.250 e. The summed E-state index contributed by atoms with van der Waals surface area (Å²) in [4.78, 5) is 13.6. The van der Waals surface area contributed by atoms with Gasteiger partial charge < -0.3 is 0 Å². The Labute approximate surface area is 89.0 Å². The predicted molar refractivity (Wildman–Crippen MR) is 57.5 cm³/mol. The zero-order valence-electron chi connectivity index (χ0n) is 8.30. The van der Waals surface area contributed by atoms with Crippen LogP contribution in [0.1, 0.15) is 32.1 Å². The van der Waals surface area contributed by atoms with Gasteiger partial charge >= 0.3 is 0 Å². The molecule has 2 aliphatic rings. The van der Waals surface area contributed by atoms with Crippen LogP contribution in [0.2, 0.25) is 0 Å². The number of carbonyl (C=O) groups excluding carboxylic acids is 1. The van der Waals surface area contributed by atoms with Crippen LogP contribution in [0, 0.1) is 0 Å². The van der Waals surface area contributed by atoms with E-state index in [9.17, 15) is 4.79 Å². The molecule has 0 bridgehead atoms. The lowest BCUT2D eigenvalue weighted by atomic mass is 9.81. The molecule has 1 spiro atoms. The van der Waals surface area contributed by atoms with Gasteiger partial charge in [0.2, 0.25) is 0 Å². The highest BCUT2D eigenvalue weighted by atomic mass is 32.1. The predicted octanol–water partition coefficient (Wildman–Crippen LogP) is 0.540. The highest BCUT2D eigenvalue weighted by Crippen LogP contribution is 2.30. The number of amides is 1. The van der Waals surface area contributed by atoms with E-state index in [1.165, 1.54) is 11.3 Å². The Morgan fingerprint density at radius 2 is 2.00 bits per heavy atom. The van der Waals surface area contributed by atoms with E-state index in [1.54, 1.807) is 7.05 Å². The van der Waals surface area contributed by atoms with Gasteiger partial charge in [-0.05, 0) is 25.1 Å². The molecule has 1 heterocycles. The Bertz CT molecular complexity index is 273. The SMILES string of the molecule is CN1C(=O)C2(CCCCC2)NNC1=S. The summed E-state index contributed by atoms with van der Waals surface area (Å²) in [6.45, 7) is 0. The van der Waals surface area contributed by atoms with Crippen molar-refractivity contribution < 1.29 is 4.79 Å². The molecule has 1 saturated carbocycles. The van der Waals surface area contributed by atoms with E-state index in [2.05, 4.69) is 10.9 Å². The van der Waals surface area contributed by atoms with Gasteiger partial charge in [0.15, 0.2) is 5.11 Å². The smallest absolute Gasteiger partial charge is 0.250 e. The van der Waals surface area contributed by atoms with E-state index < -0.39 is 5.54 Å². The number of hydrazine groups is 1. The fraction of sp³-hybridized carbons (Fsp3) is 0.778. The Morgan fingerprint density at radius 3 is 2.64 bits per heavy atom. The largest absolute Gasteiger partial charge is 0.297 e. The molecule has 14 heavy (non-hydrogen) atoms. The van der Waals surface area contributed by atoms with Crippen molar-refractivity contribution in [1.82, 2.24) is 15.8 Å². The molecule has 0 atom stereocenters. The highest BCUT2D eigenvalue weighted by Gasteiger charge is 2.44. The number of rotatable bonds is 0. The first-order valence-electron chi connectivity index (χ1n) is 5.01. The molecule has 78 valence electrons. The molecule has 0 aromatic carbocycles. The van der Waals surface area contributed by atoms with Crippen molar-refractivity contribution in [2.75, 3.05) is 7.05 Å². The third-order valence-electron chi connectivity index (χ3n) is 3.13. The van der Waals surface area contributed by atoms with Crippen LogP contribution in [-0.4, -0.2) is 28.5 Å². The van der Waals surface area contributed by atoms with E-state index in [-0.39, 0.29) is 5.91 Å². The van der Waals surface area contributed by atoms with Gasteiger partial charge in [-0.2, -0.15) is 0 Å². The normalized spacial score (nSPS) is 26.5.